The van der Waals surface area contributed by atoms with E-state index in [9.17, 15) is 9.59 Å². The normalized spacial score (nSPS) is 27.6. The number of rotatable bonds is 3. The topological polar surface area (TPSA) is 52.7 Å². The molecule has 2 heterocycles. The molecule has 2 amide bonds. The Hall–Kier alpha value is -1.10. The summed E-state index contributed by atoms with van der Waals surface area (Å²) in [6.45, 7) is 5.49. The van der Waals surface area contributed by atoms with Crippen LogP contribution in [0.25, 0.3) is 0 Å². The summed E-state index contributed by atoms with van der Waals surface area (Å²) in [7, 11) is 1.74. The first-order valence-electron chi connectivity index (χ1n) is 6.77. The molecule has 102 valence electrons. The zero-order valence-corrected chi connectivity index (χ0v) is 11.4. The summed E-state index contributed by atoms with van der Waals surface area (Å²) in [6.07, 6.45) is 3.03. The fourth-order valence-corrected chi connectivity index (χ4v) is 2.80. The first-order chi connectivity index (χ1) is 8.53. The highest BCUT2D eigenvalue weighted by Crippen LogP contribution is 2.26. The Morgan fingerprint density at radius 3 is 2.56 bits per heavy atom. The van der Waals surface area contributed by atoms with Crippen LogP contribution in [0.3, 0.4) is 0 Å². The van der Waals surface area contributed by atoms with E-state index in [0.29, 0.717) is 6.54 Å². The Bertz CT molecular complexity index is 331. The molecule has 1 N–H and O–H groups in total. The molecule has 2 rings (SSSR count). The van der Waals surface area contributed by atoms with Gasteiger partial charge in [-0.25, -0.2) is 0 Å². The van der Waals surface area contributed by atoms with Crippen molar-refractivity contribution in [3.63, 3.8) is 0 Å². The molecule has 0 aromatic carbocycles. The highest BCUT2D eigenvalue weighted by atomic mass is 16.2. The molecule has 5 heteroatoms. The first-order valence-corrected chi connectivity index (χ1v) is 6.77. The fourth-order valence-electron chi connectivity index (χ4n) is 2.80. The first kappa shape index (κ1) is 13.3. The van der Waals surface area contributed by atoms with Gasteiger partial charge < -0.3 is 15.1 Å². The molecule has 5 nitrogen and oxygen atoms in total. The number of nitrogens with zero attached hydrogens (tertiary/aromatic N) is 2. The summed E-state index contributed by atoms with van der Waals surface area (Å²) >= 11 is 0. The lowest BCUT2D eigenvalue weighted by Gasteiger charge is -2.29. The minimum atomic E-state index is -0.333. The van der Waals surface area contributed by atoms with E-state index < -0.39 is 0 Å². The van der Waals surface area contributed by atoms with Crippen LogP contribution >= 0.6 is 0 Å². The van der Waals surface area contributed by atoms with Gasteiger partial charge in [0.2, 0.25) is 11.8 Å². The lowest BCUT2D eigenvalue weighted by molar-refractivity contribution is -0.144. The van der Waals surface area contributed by atoms with Gasteiger partial charge in [-0.1, -0.05) is 0 Å². The van der Waals surface area contributed by atoms with Crippen molar-refractivity contribution < 1.29 is 9.59 Å². The minimum absolute atomic E-state index is 0.0814. The smallest absolute Gasteiger partial charge is 0.242 e. The monoisotopic (exact) mass is 253 g/mol. The van der Waals surface area contributed by atoms with Gasteiger partial charge in [-0.3, -0.25) is 9.59 Å². The van der Waals surface area contributed by atoms with Crippen molar-refractivity contribution in [3.05, 3.63) is 0 Å². The average Bonchev–Trinajstić information content (AvgIpc) is 2.99. The molecule has 0 aliphatic carbocycles. The number of carbonyl (C=O) groups excluding carboxylic acids is 2. The molecule has 0 bridgehead atoms. The number of hydrogen-bond acceptors (Lipinski definition) is 3. The number of amides is 2. The quantitative estimate of drug-likeness (QED) is 0.774. The van der Waals surface area contributed by atoms with Crippen molar-refractivity contribution in [2.24, 2.45) is 5.41 Å². The van der Waals surface area contributed by atoms with E-state index in [1.54, 1.807) is 11.9 Å². The van der Waals surface area contributed by atoms with E-state index in [1.165, 1.54) is 0 Å². The summed E-state index contributed by atoms with van der Waals surface area (Å²) < 4.78 is 0. The lowest BCUT2D eigenvalue weighted by Crippen LogP contribution is -2.46. The highest BCUT2D eigenvalue weighted by Gasteiger charge is 2.38. The van der Waals surface area contributed by atoms with Crippen molar-refractivity contribution in [2.45, 2.75) is 26.2 Å². The molecule has 18 heavy (non-hydrogen) atoms. The van der Waals surface area contributed by atoms with Gasteiger partial charge >= 0.3 is 0 Å². The second-order valence-corrected chi connectivity index (χ2v) is 5.74. The van der Waals surface area contributed by atoms with Gasteiger partial charge in [0.15, 0.2) is 0 Å². The van der Waals surface area contributed by atoms with Crippen LogP contribution in [0, 0.1) is 5.41 Å². The molecule has 2 aliphatic rings. The standard InChI is InChI=1S/C13H23N3O2/c1-13(5-6-14-10-13)12(18)15(2)9-11(17)16-7-3-4-8-16/h14H,3-10H2,1-2H3. The lowest BCUT2D eigenvalue weighted by atomic mass is 9.88. The number of nitrogens with one attached hydrogen (secondary N) is 1. The van der Waals surface area contributed by atoms with Crippen molar-refractivity contribution in [1.29, 1.82) is 0 Å². The SMILES string of the molecule is CN(CC(=O)N1CCCC1)C(=O)C1(C)CCNC1. The Labute approximate surface area is 108 Å². The predicted molar refractivity (Wildman–Crippen MR) is 69.0 cm³/mol. The third-order valence-electron chi connectivity index (χ3n) is 4.06. The third-order valence-corrected chi connectivity index (χ3v) is 4.06. The Balaban J connectivity index is 1.88. The zero-order valence-electron chi connectivity index (χ0n) is 11.4. The van der Waals surface area contributed by atoms with Crippen LogP contribution in [0.2, 0.25) is 0 Å². The number of likely N-dealkylation sites (N-methyl/N-ethyl adjacent to an activating group) is 1. The maximum Gasteiger partial charge on any atom is 0.242 e. The second-order valence-electron chi connectivity index (χ2n) is 5.74. The van der Waals surface area contributed by atoms with Crippen LogP contribution in [0.15, 0.2) is 0 Å². The molecule has 0 aromatic rings. The van der Waals surface area contributed by atoms with Gasteiger partial charge in [0, 0.05) is 26.7 Å². The predicted octanol–water partition coefficient (Wildman–Crippen LogP) is 0.0668. The average molecular weight is 253 g/mol. The van der Waals surface area contributed by atoms with Gasteiger partial charge in [0.25, 0.3) is 0 Å². The largest absolute Gasteiger partial charge is 0.341 e. The fraction of sp³-hybridized carbons (Fsp3) is 0.846. The van der Waals surface area contributed by atoms with Crippen LogP contribution in [0.4, 0.5) is 0 Å². The van der Waals surface area contributed by atoms with Gasteiger partial charge in [-0.05, 0) is 32.7 Å². The van der Waals surface area contributed by atoms with Gasteiger partial charge in [-0.2, -0.15) is 0 Å². The minimum Gasteiger partial charge on any atom is -0.341 e. The molecule has 1 atom stereocenters. The second kappa shape index (κ2) is 5.26. The van der Waals surface area contributed by atoms with Crippen LogP contribution in [0.1, 0.15) is 26.2 Å². The summed E-state index contributed by atoms with van der Waals surface area (Å²) in [5.41, 5.74) is -0.333. The van der Waals surface area contributed by atoms with Gasteiger partial charge in [0.1, 0.15) is 0 Å². The number of hydrogen-bond donors (Lipinski definition) is 1. The number of carbonyl (C=O) groups is 2. The molecule has 2 saturated heterocycles. The van der Waals surface area contributed by atoms with Crippen molar-refractivity contribution in [3.8, 4) is 0 Å². The van der Waals surface area contributed by atoms with E-state index in [0.717, 1.165) is 38.9 Å². The van der Waals surface area contributed by atoms with Gasteiger partial charge in [0.05, 0.1) is 12.0 Å². The zero-order chi connectivity index (χ0) is 13.2. The van der Waals surface area contributed by atoms with Gasteiger partial charge in [-0.15, -0.1) is 0 Å². The molecule has 1 unspecified atom stereocenters. The van der Waals surface area contributed by atoms with Crippen LogP contribution in [-0.4, -0.2) is 61.4 Å². The molecular weight excluding hydrogens is 230 g/mol. The highest BCUT2D eigenvalue weighted by molar-refractivity contribution is 5.88. The summed E-state index contributed by atoms with van der Waals surface area (Å²) in [6, 6.07) is 0. The van der Waals surface area contributed by atoms with Crippen LogP contribution in [-0.2, 0) is 9.59 Å². The molecule has 0 saturated carbocycles. The Morgan fingerprint density at radius 2 is 2.00 bits per heavy atom. The van der Waals surface area contributed by atoms with E-state index in [1.807, 2.05) is 11.8 Å². The molecule has 2 aliphatic heterocycles. The van der Waals surface area contributed by atoms with Crippen molar-refractivity contribution >= 4 is 11.8 Å². The molecular formula is C13H23N3O2. The summed E-state index contributed by atoms with van der Waals surface area (Å²) in [5, 5.41) is 3.21. The molecule has 0 spiro atoms. The third kappa shape index (κ3) is 2.66. The van der Waals surface area contributed by atoms with E-state index in [4.69, 9.17) is 0 Å². The Morgan fingerprint density at radius 1 is 1.33 bits per heavy atom. The van der Waals surface area contributed by atoms with Crippen LogP contribution in [0.5, 0.6) is 0 Å². The summed E-state index contributed by atoms with van der Waals surface area (Å²) in [4.78, 5) is 27.8. The van der Waals surface area contributed by atoms with Crippen LogP contribution < -0.4 is 5.32 Å². The maximum atomic E-state index is 12.3. The van der Waals surface area contributed by atoms with E-state index in [-0.39, 0.29) is 23.8 Å². The molecule has 2 fully saturated rings. The van der Waals surface area contributed by atoms with E-state index in [2.05, 4.69) is 5.32 Å². The van der Waals surface area contributed by atoms with E-state index >= 15 is 0 Å². The molecule has 0 radical (unpaired) electrons. The maximum absolute atomic E-state index is 12.3. The van der Waals surface area contributed by atoms with Crippen molar-refractivity contribution in [1.82, 2.24) is 15.1 Å². The Kier molecular flexibility index (Phi) is 3.90. The number of likely N-dealkylation sites (tertiary alicyclic amines) is 1. The summed E-state index contributed by atoms with van der Waals surface area (Å²) in [5.74, 6) is 0.165. The van der Waals surface area contributed by atoms with Crippen molar-refractivity contribution in [2.75, 3.05) is 39.8 Å². The molecule has 0 aromatic heterocycles.